The van der Waals surface area contributed by atoms with E-state index in [1.54, 1.807) is 24.3 Å². The predicted octanol–water partition coefficient (Wildman–Crippen LogP) is 4.01. The van der Waals surface area contributed by atoms with Crippen LogP contribution in [0.15, 0.2) is 48.5 Å². The Hall–Kier alpha value is -2.80. The van der Waals surface area contributed by atoms with E-state index in [1.165, 1.54) is 5.56 Å². The molecule has 0 aliphatic rings. The van der Waals surface area contributed by atoms with Crippen molar-refractivity contribution in [3.8, 4) is 11.8 Å². The summed E-state index contributed by atoms with van der Waals surface area (Å²) in [5.41, 5.74) is 2.87. The Morgan fingerprint density at radius 1 is 1.20 bits per heavy atom. The highest BCUT2D eigenvalue weighted by atomic mass is 16.5. The van der Waals surface area contributed by atoms with Crippen LogP contribution in [-0.2, 0) is 11.2 Å². The number of nitriles is 1. The van der Waals surface area contributed by atoms with Crippen LogP contribution in [0.4, 0.5) is 0 Å². The standard InChI is InChI=1S/C21H24N2O2/c1-4-16-8-10-18(11-9-16)21(15(2)3)23-20(24)14-25-19-7-5-6-17(12-19)13-22/h5-12,15,21H,4,14H2,1-3H3,(H,23,24)/t21-/m0/s1. The Labute approximate surface area is 149 Å². The van der Waals surface area contributed by atoms with Gasteiger partial charge in [-0.15, -0.1) is 0 Å². The van der Waals surface area contributed by atoms with Crippen LogP contribution in [0.5, 0.6) is 5.75 Å². The first-order valence-electron chi connectivity index (χ1n) is 8.54. The molecule has 0 radical (unpaired) electrons. The van der Waals surface area contributed by atoms with E-state index in [0.29, 0.717) is 11.3 Å². The van der Waals surface area contributed by atoms with Gasteiger partial charge in [0.2, 0.25) is 0 Å². The van der Waals surface area contributed by atoms with Crippen molar-refractivity contribution in [2.75, 3.05) is 6.61 Å². The summed E-state index contributed by atoms with van der Waals surface area (Å²) in [6.45, 7) is 6.20. The summed E-state index contributed by atoms with van der Waals surface area (Å²) in [5.74, 6) is 0.599. The van der Waals surface area contributed by atoms with E-state index in [9.17, 15) is 4.79 Å². The molecule has 0 aliphatic heterocycles. The van der Waals surface area contributed by atoms with E-state index in [1.807, 2.05) is 0 Å². The lowest BCUT2D eigenvalue weighted by Crippen LogP contribution is -2.35. The Bertz CT molecular complexity index is 745. The summed E-state index contributed by atoms with van der Waals surface area (Å²) in [7, 11) is 0. The van der Waals surface area contributed by atoms with Crippen molar-refractivity contribution in [2.24, 2.45) is 5.92 Å². The summed E-state index contributed by atoms with van der Waals surface area (Å²) in [6.07, 6.45) is 0.995. The number of benzene rings is 2. The number of nitrogens with one attached hydrogen (secondary N) is 1. The maximum Gasteiger partial charge on any atom is 0.258 e. The number of aryl methyl sites for hydroxylation is 1. The van der Waals surface area contributed by atoms with Crippen molar-refractivity contribution < 1.29 is 9.53 Å². The van der Waals surface area contributed by atoms with Gasteiger partial charge in [0.1, 0.15) is 5.75 Å². The molecule has 1 amide bonds. The van der Waals surface area contributed by atoms with Crippen molar-refractivity contribution >= 4 is 5.91 Å². The topological polar surface area (TPSA) is 62.1 Å². The fourth-order valence-electron chi connectivity index (χ4n) is 2.61. The van der Waals surface area contributed by atoms with E-state index in [4.69, 9.17) is 10.00 Å². The molecule has 1 N–H and O–H groups in total. The highest BCUT2D eigenvalue weighted by Crippen LogP contribution is 2.22. The fourth-order valence-corrected chi connectivity index (χ4v) is 2.61. The lowest BCUT2D eigenvalue weighted by molar-refractivity contribution is -0.124. The molecule has 0 heterocycles. The lowest BCUT2D eigenvalue weighted by Gasteiger charge is -2.23. The van der Waals surface area contributed by atoms with Gasteiger partial charge in [0, 0.05) is 0 Å². The van der Waals surface area contributed by atoms with Gasteiger partial charge in [-0.05, 0) is 41.7 Å². The average molecular weight is 336 g/mol. The molecule has 2 rings (SSSR count). The van der Waals surface area contributed by atoms with Crippen LogP contribution in [0.1, 0.15) is 43.5 Å². The molecule has 0 unspecified atom stereocenters. The molecular weight excluding hydrogens is 312 g/mol. The third-order valence-corrected chi connectivity index (χ3v) is 4.06. The summed E-state index contributed by atoms with van der Waals surface area (Å²) in [6, 6.07) is 17.1. The molecule has 0 aliphatic carbocycles. The molecule has 2 aromatic rings. The van der Waals surface area contributed by atoms with Crippen molar-refractivity contribution in [3.05, 3.63) is 65.2 Å². The molecule has 0 aromatic heterocycles. The molecular formula is C21H24N2O2. The molecule has 0 saturated heterocycles. The van der Waals surface area contributed by atoms with Crippen LogP contribution in [0, 0.1) is 17.2 Å². The summed E-state index contributed by atoms with van der Waals surface area (Å²) in [4.78, 5) is 12.3. The Morgan fingerprint density at radius 2 is 1.92 bits per heavy atom. The molecule has 2 aromatic carbocycles. The highest BCUT2D eigenvalue weighted by molar-refractivity contribution is 5.78. The second-order valence-corrected chi connectivity index (χ2v) is 6.31. The SMILES string of the molecule is CCc1ccc([C@@H](NC(=O)COc2cccc(C#N)c2)C(C)C)cc1. The van der Waals surface area contributed by atoms with Crippen LogP contribution < -0.4 is 10.1 Å². The summed E-state index contributed by atoms with van der Waals surface area (Å²) < 4.78 is 5.50. The fraction of sp³-hybridized carbons (Fsp3) is 0.333. The van der Waals surface area contributed by atoms with Gasteiger partial charge in [-0.25, -0.2) is 0 Å². The Morgan fingerprint density at radius 3 is 2.52 bits per heavy atom. The molecule has 4 heteroatoms. The third-order valence-electron chi connectivity index (χ3n) is 4.06. The highest BCUT2D eigenvalue weighted by Gasteiger charge is 2.18. The molecule has 130 valence electrons. The quantitative estimate of drug-likeness (QED) is 0.831. The van der Waals surface area contributed by atoms with Crippen molar-refractivity contribution in [1.29, 1.82) is 5.26 Å². The summed E-state index contributed by atoms with van der Waals surface area (Å²) >= 11 is 0. The van der Waals surface area contributed by atoms with Gasteiger partial charge in [0.15, 0.2) is 6.61 Å². The van der Waals surface area contributed by atoms with Gasteiger partial charge in [-0.1, -0.05) is 51.1 Å². The minimum absolute atomic E-state index is 0.0625. The zero-order valence-corrected chi connectivity index (χ0v) is 15.0. The number of ether oxygens (including phenoxy) is 1. The maximum atomic E-state index is 12.3. The van der Waals surface area contributed by atoms with Crippen LogP contribution in [0.3, 0.4) is 0 Å². The monoisotopic (exact) mass is 336 g/mol. The van der Waals surface area contributed by atoms with Crippen LogP contribution >= 0.6 is 0 Å². The second-order valence-electron chi connectivity index (χ2n) is 6.31. The van der Waals surface area contributed by atoms with Crippen LogP contribution in [-0.4, -0.2) is 12.5 Å². The van der Waals surface area contributed by atoms with Crippen LogP contribution in [0.2, 0.25) is 0 Å². The van der Waals surface area contributed by atoms with E-state index >= 15 is 0 Å². The third kappa shape index (κ3) is 5.36. The van der Waals surface area contributed by atoms with Gasteiger partial charge < -0.3 is 10.1 Å². The molecule has 25 heavy (non-hydrogen) atoms. The number of carbonyl (C=O) groups is 1. The van der Waals surface area contributed by atoms with Gasteiger partial charge in [-0.2, -0.15) is 5.26 Å². The predicted molar refractivity (Wildman–Crippen MR) is 98.2 cm³/mol. The van der Waals surface area contributed by atoms with E-state index in [2.05, 4.69) is 56.4 Å². The lowest BCUT2D eigenvalue weighted by atomic mass is 9.95. The van der Waals surface area contributed by atoms with Gasteiger partial charge in [0.25, 0.3) is 5.91 Å². The molecule has 0 fully saturated rings. The molecule has 0 bridgehead atoms. The van der Waals surface area contributed by atoms with Gasteiger partial charge >= 0.3 is 0 Å². The summed E-state index contributed by atoms with van der Waals surface area (Å²) in [5, 5.41) is 11.9. The normalized spacial score (nSPS) is 11.6. The number of amides is 1. The number of rotatable bonds is 7. The number of hydrogen-bond donors (Lipinski definition) is 1. The zero-order chi connectivity index (χ0) is 18.2. The van der Waals surface area contributed by atoms with Crippen molar-refractivity contribution in [3.63, 3.8) is 0 Å². The zero-order valence-electron chi connectivity index (χ0n) is 15.0. The maximum absolute atomic E-state index is 12.3. The number of carbonyl (C=O) groups excluding carboxylic acids is 1. The Balaban J connectivity index is 1.98. The van der Waals surface area contributed by atoms with Crippen molar-refractivity contribution in [2.45, 2.75) is 33.2 Å². The van der Waals surface area contributed by atoms with Gasteiger partial charge in [0.05, 0.1) is 17.7 Å². The Kier molecular flexibility index (Phi) is 6.59. The molecule has 0 saturated carbocycles. The largest absolute Gasteiger partial charge is 0.484 e. The molecule has 4 nitrogen and oxygen atoms in total. The first kappa shape index (κ1) is 18.5. The number of nitrogens with zero attached hydrogens (tertiary/aromatic N) is 1. The van der Waals surface area contributed by atoms with E-state index < -0.39 is 0 Å². The average Bonchev–Trinajstić information content (AvgIpc) is 2.64. The molecule has 1 atom stereocenters. The van der Waals surface area contributed by atoms with Crippen molar-refractivity contribution in [1.82, 2.24) is 5.32 Å². The smallest absolute Gasteiger partial charge is 0.258 e. The first-order valence-corrected chi connectivity index (χ1v) is 8.54. The minimum atomic E-state index is -0.180. The van der Waals surface area contributed by atoms with Crippen LogP contribution in [0.25, 0.3) is 0 Å². The number of hydrogen-bond acceptors (Lipinski definition) is 3. The van der Waals surface area contributed by atoms with E-state index in [0.717, 1.165) is 12.0 Å². The molecule has 0 spiro atoms. The second kappa shape index (κ2) is 8.89. The van der Waals surface area contributed by atoms with E-state index in [-0.39, 0.29) is 24.5 Å². The first-order chi connectivity index (χ1) is 12.0. The minimum Gasteiger partial charge on any atom is -0.484 e. The van der Waals surface area contributed by atoms with Gasteiger partial charge in [-0.3, -0.25) is 4.79 Å².